The molecule has 3 N–H and O–H groups in total. The van der Waals surface area contributed by atoms with E-state index in [1.54, 1.807) is 31.2 Å². The smallest absolute Gasteiger partial charge is 0.329 e. The Balaban J connectivity index is 1.87. The Morgan fingerprint density at radius 3 is 2.17 bits per heavy atom. The van der Waals surface area contributed by atoms with Gasteiger partial charge >= 0.3 is 12.0 Å². The molecule has 29 heavy (non-hydrogen) atoms. The molecule has 0 heterocycles. The van der Waals surface area contributed by atoms with Gasteiger partial charge in [0.25, 0.3) is 5.91 Å². The zero-order chi connectivity index (χ0) is 21.2. The first kappa shape index (κ1) is 22.7. The van der Waals surface area contributed by atoms with Crippen LogP contribution in [-0.2, 0) is 14.3 Å². The van der Waals surface area contributed by atoms with E-state index in [-0.39, 0.29) is 17.9 Å². The highest BCUT2D eigenvalue weighted by molar-refractivity contribution is 5.93. The van der Waals surface area contributed by atoms with E-state index in [9.17, 15) is 14.4 Å². The summed E-state index contributed by atoms with van der Waals surface area (Å²) < 4.78 is 5.37. The number of esters is 1. The second kappa shape index (κ2) is 11.4. The van der Waals surface area contributed by atoms with Crippen LogP contribution >= 0.6 is 0 Å². The molecule has 1 saturated carbocycles. The van der Waals surface area contributed by atoms with Gasteiger partial charge in [-0.3, -0.25) is 4.79 Å². The molecule has 0 unspecified atom stereocenters. The van der Waals surface area contributed by atoms with Gasteiger partial charge in [-0.05, 0) is 37.8 Å². The van der Waals surface area contributed by atoms with Gasteiger partial charge < -0.3 is 20.7 Å². The average Bonchev–Trinajstić information content (AvgIpc) is 2.95. The fourth-order valence-corrected chi connectivity index (χ4v) is 3.37. The number of carbonyl (C=O) groups is 3. The molecular weight excluding hydrogens is 370 g/mol. The summed E-state index contributed by atoms with van der Waals surface area (Å²) in [5.41, 5.74) is 0.622. The molecule has 0 bridgehead atoms. The van der Waals surface area contributed by atoms with Crippen LogP contribution < -0.4 is 16.0 Å². The molecule has 160 valence electrons. The van der Waals surface area contributed by atoms with Crippen molar-refractivity contribution in [2.45, 2.75) is 77.5 Å². The fourth-order valence-electron chi connectivity index (χ4n) is 3.37. The second-order valence-electron chi connectivity index (χ2n) is 7.96. The van der Waals surface area contributed by atoms with E-state index >= 15 is 0 Å². The van der Waals surface area contributed by atoms with Gasteiger partial charge in [0.05, 0.1) is 0 Å². The van der Waals surface area contributed by atoms with Crippen LogP contribution in [0.3, 0.4) is 0 Å². The minimum Gasteiger partial charge on any atom is -0.451 e. The molecule has 0 aliphatic heterocycles. The molecule has 0 spiro atoms. The number of hydrogen-bond donors (Lipinski definition) is 3. The number of benzene rings is 1. The molecule has 1 fully saturated rings. The summed E-state index contributed by atoms with van der Waals surface area (Å²) in [6.07, 6.45) is 5.62. The SMILES string of the molecule is CC(C)[C@H](NC(=O)Nc1ccccc1)C(=O)O[C@H](C)C(=O)NC1CCCCCC1. The molecule has 0 radical (unpaired) electrons. The topological polar surface area (TPSA) is 96.5 Å². The van der Waals surface area contributed by atoms with Crippen molar-refractivity contribution in [3.05, 3.63) is 30.3 Å². The molecule has 0 aromatic heterocycles. The maximum atomic E-state index is 12.6. The minimum absolute atomic E-state index is 0.141. The molecule has 1 aromatic carbocycles. The zero-order valence-electron chi connectivity index (χ0n) is 17.6. The third-order valence-electron chi connectivity index (χ3n) is 5.10. The lowest BCUT2D eigenvalue weighted by atomic mass is 10.0. The van der Waals surface area contributed by atoms with E-state index in [2.05, 4.69) is 16.0 Å². The lowest BCUT2D eigenvalue weighted by Gasteiger charge is -2.24. The number of rotatable bonds is 7. The van der Waals surface area contributed by atoms with Crippen LogP contribution in [0.25, 0.3) is 0 Å². The molecule has 7 heteroatoms. The monoisotopic (exact) mass is 403 g/mol. The van der Waals surface area contributed by atoms with Crippen molar-refractivity contribution in [3.8, 4) is 0 Å². The van der Waals surface area contributed by atoms with Crippen LogP contribution in [0.5, 0.6) is 0 Å². The van der Waals surface area contributed by atoms with Gasteiger partial charge in [-0.1, -0.05) is 57.7 Å². The largest absolute Gasteiger partial charge is 0.451 e. The predicted octanol–water partition coefficient (Wildman–Crippen LogP) is 3.60. The van der Waals surface area contributed by atoms with Crippen molar-refractivity contribution < 1.29 is 19.1 Å². The molecule has 1 aliphatic carbocycles. The van der Waals surface area contributed by atoms with Gasteiger partial charge in [-0.15, -0.1) is 0 Å². The molecule has 3 amide bonds. The van der Waals surface area contributed by atoms with Gasteiger partial charge in [-0.25, -0.2) is 9.59 Å². The first-order chi connectivity index (χ1) is 13.9. The summed E-state index contributed by atoms with van der Waals surface area (Å²) >= 11 is 0. The van der Waals surface area contributed by atoms with E-state index < -0.39 is 24.1 Å². The van der Waals surface area contributed by atoms with Crippen LogP contribution in [0, 0.1) is 5.92 Å². The lowest BCUT2D eigenvalue weighted by Crippen LogP contribution is -2.49. The maximum Gasteiger partial charge on any atom is 0.329 e. The van der Waals surface area contributed by atoms with Crippen LogP contribution in [0.4, 0.5) is 10.5 Å². The molecule has 0 saturated heterocycles. The quantitative estimate of drug-likeness (QED) is 0.479. The Bertz CT molecular complexity index is 670. The van der Waals surface area contributed by atoms with Crippen LogP contribution in [-0.4, -0.2) is 36.1 Å². The summed E-state index contributed by atoms with van der Waals surface area (Å²) in [7, 11) is 0. The third-order valence-corrected chi connectivity index (χ3v) is 5.10. The molecule has 7 nitrogen and oxygen atoms in total. The van der Waals surface area contributed by atoms with E-state index in [1.165, 1.54) is 12.8 Å². The molecule has 2 atom stereocenters. The number of anilines is 1. The summed E-state index contributed by atoms with van der Waals surface area (Å²) in [6.45, 7) is 5.18. The minimum atomic E-state index is -0.911. The standard InChI is InChI=1S/C22H33N3O4/c1-15(2)19(25-22(28)24-18-13-9-6-10-14-18)21(27)29-16(3)20(26)23-17-11-7-4-5-8-12-17/h6,9-10,13-17,19H,4-5,7-8,11-12H2,1-3H3,(H,23,26)(H2,24,25,28)/t16-,19+/m1/s1. The van der Waals surface area contributed by atoms with Gasteiger partial charge in [-0.2, -0.15) is 0 Å². The van der Waals surface area contributed by atoms with Crippen molar-refractivity contribution in [1.29, 1.82) is 0 Å². The van der Waals surface area contributed by atoms with E-state index in [1.807, 2.05) is 19.9 Å². The number of hydrogen-bond acceptors (Lipinski definition) is 4. The van der Waals surface area contributed by atoms with Crippen molar-refractivity contribution >= 4 is 23.6 Å². The highest BCUT2D eigenvalue weighted by atomic mass is 16.5. The average molecular weight is 404 g/mol. The maximum absolute atomic E-state index is 12.6. The Morgan fingerprint density at radius 1 is 0.966 bits per heavy atom. The lowest BCUT2D eigenvalue weighted by molar-refractivity contribution is -0.157. The van der Waals surface area contributed by atoms with E-state index in [0.717, 1.165) is 25.7 Å². The predicted molar refractivity (Wildman–Crippen MR) is 112 cm³/mol. The van der Waals surface area contributed by atoms with Crippen molar-refractivity contribution in [2.24, 2.45) is 5.92 Å². The number of amides is 3. The van der Waals surface area contributed by atoms with Crippen LogP contribution in [0.15, 0.2) is 30.3 Å². The van der Waals surface area contributed by atoms with Gasteiger partial charge in [0, 0.05) is 11.7 Å². The summed E-state index contributed by atoms with van der Waals surface area (Å²) in [4.78, 5) is 37.3. The molecule has 1 aromatic rings. The number of ether oxygens (including phenoxy) is 1. The number of para-hydroxylation sites is 1. The summed E-state index contributed by atoms with van der Waals surface area (Å²) in [5.74, 6) is -1.10. The summed E-state index contributed by atoms with van der Waals surface area (Å²) in [5, 5.41) is 8.31. The van der Waals surface area contributed by atoms with Crippen molar-refractivity contribution in [2.75, 3.05) is 5.32 Å². The van der Waals surface area contributed by atoms with Gasteiger partial charge in [0.15, 0.2) is 6.10 Å². The molecule has 1 aliphatic rings. The van der Waals surface area contributed by atoms with Crippen molar-refractivity contribution in [3.63, 3.8) is 0 Å². The normalized spacial score (nSPS) is 17.0. The Kier molecular flexibility index (Phi) is 8.96. The number of nitrogens with one attached hydrogen (secondary N) is 3. The second-order valence-corrected chi connectivity index (χ2v) is 7.96. The first-order valence-electron chi connectivity index (χ1n) is 10.5. The Hall–Kier alpha value is -2.57. The van der Waals surface area contributed by atoms with Gasteiger partial charge in [0.1, 0.15) is 6.04 Å². The highest BCUT2D eigenvalue weighted by Gasteiger charge is 2.29. The molecule has 2 rings (SSSR count). The number of carbonyl (C=O) groups excluding carboxylic acids is 3. The fraction of sp³-hybridized carbons (Fsp3) is 0.591. The third kappa shape index (κ3) is 7.75. The Morgan fingerprint density at radius 2 is 1.59 bits per heavy atom. The van der Waals surface area contributed by atoms with Gasteiger partial charge in [0.2, 0.25) is 0 Å². The van der Waals surface area contributed by atoms with Crippen LogP contribution in [0.1, 0.15) is 59.3 Å². The van der Waals surface area contributed by atoms with E-state index in [4.69, 9.17) is 4.74 Å². The zero-order valence-corrected chi connectivity index (χ0v) is 17.6. The number of urea groups is 1. The summed E-state index contributed by atoms with van der Waals surface area (Å²) in [6, 6.07) is 7.75. The molecular formula is C22H33N3O4. The highest BCUT2D eigenvalue weighted by Crippen LogP contribution is 2.17. The van der Waals surface area contributed by atoms with Crippen LogP contribution in [0.2, 0.25) is 0 Å². The Labute approximate surface area is 173 Å². The van der Waals surface area contributed by atoms with E-state index in [0.29, 0.717) is 5.69 Å². The first-order valence-corrected chi connectivity index (χ1v) is 10.5. The van der Waals surface area contributed by atoms with Crippen molar-refractivity contribution in [1.82, 2.24) is 10.6 Å².